The van der Waals surface area contributed by atoms with Gasteiger partial charge in [-0.3, -0.25) is 14.6 Å². The molecule has 2 rings (SSSR count). The first-order chi connectivity index (χ1) is 9.04. The minimum absolute atomic E-state index is 0.127. The Kier molecular flexibility index (Phi) is 3.91. The number of hydrogen-bond acceptors (Lipinski definition) is 4. The number of carboxylic acid groups (broad SMARTS) is 1. The van der Waals surface area contributed by atoms with Gasteiger partial charge in [0.1, 0.15) is 0 Å². The number of anilines is 1. The molecule has 0 atom stereocenters. The lowest BCUT2D eigenvalue weighted by atomic mass is 10.2. The van der Waals surface area contributed by atoms with Gasteiger partial charge in [0.2, 0.25) is 0 Å². The number of aryl methyl sites for hydroxylation is 1. The molecule has 0 saturated carbocycles. The number of nitrogens with one attached hydrogen (secondary N) is 1. The molecule has 98 valence electrons. The molecule has 6 heteroatoms. The van der Waals surface area contributed by atoms with Crippen LogP contribution in [-0.4, -0.2) is 22.0 Å². The molecule has 0 bridgehead atoms. The van der Waals surface area contributed by atoms with Gasteiger partial charge in [-0.15, -0.1) is 11.3 Å². The molecule has 0 saturated heterocycles. The van der Waals surface area contributed by atoms with Gasteiger partial charge in [-0.2, -0.15) is 0 Å². The van der Waals surface area contributed by atoms with Crippen LogP contribution in [0.2, 0.25) is 0 Å². The molecule has 0 aliphatic rings. The van der Waals surface area contributed by atoms with Crippen molar-refractivity contribution in [3.8, 4) is 0 Å². The van der Waals surface area contributed by atoms with Crippen molar-refractivity contribution >= 4 is 28.9 Å². The fraction of sp³-hybridized carbons (Fsp3) is 0.154. The summed E-state index contributed by atoms with van der Waals surface area (Å²) < 4.78 is 0. The van der Waals surface area contributed by atoms with Gasteiger partial charge in [-0.05, 0) is 31.2 Å². The van der Waals surface area contributed by atoms with Crippen molar-refractivity contribution in [3.05, 3.63) is 45.9 Å². The van der Waals surface area contributed by atoms with Crippen LogP contribution in [0.1, 0.15) is 20.2 Å². The quantitative estimate of drug-likeness (QED) is 0.898. The molecule has 0 unspecified atom stereocenters. The SMILES string of the molecule is Cc1ccc(C(=O)Nc2ccc(CC(=O)O)nc2)s1. The molecule has 0 aliphatic heterocycles. The Hall–Kier alpha value is -2.21. The molecular weight excluding hydrogens is 264 g/mol. The summed E-state index contributed by atoms with van der Waals surface area (Å²) in [4.78, 5) is 28.1. The fourth-order valence-electron chi connectivity index (χ4n) is 1.51. The maximum atomic E-state index is 11.9. The topological polar surface area (TPSA) is 79.3 Å². The summed E-state index contributed by atoms with van der Waals surface area (Å²) in [5.41, 5.74) is 1.00. The zero-order valence-electron chi connectivity index (χ0n) is 10.2. The van der Waals surface area contributed by atoms with Gasteiger partial charge in [0.15, 0.2) is 0 Å². The van der Waals surface area contributed by atoms with E-state index in [1.165, 1.54) is 17.5 Å². The number of carbonyl (C=O) groups excluding carboxylic acids is 1. The second kappa shape index (κ2) is 5.62. The highest BCUT2D eigenvalue weighted by molar-refractivity contribution is 7.14. The molecule has 0 fully saturated rings. The van der Waals surface area contributed by atoms with Crippen molar-refractivity contribution in [2.45, 2.75) is 13.3 Å². The molecule has 19 heavy (non-hydrogen) atoms. The molecular formula is C13H12N2O3S. The Balaban J connectivity index is 2.03. The normalized spacial score (nSPS) is 10.2. The van der Waals surface area contributed by atoms with Gasteiger partial charge < -0.3 is 10.4 Å². The second-order valence-electron chi connectivity index (χ2n) is 3.97. The minimum Gasteiger partial charge on any atom is -0.481 e. The highest BCUT2D eigenvalue weighted by Gasteiger charge is 2.09. The number of rotatable bonds is 4. The highest BCUT2D eigenvalue weighted by atomic mass is 32.1. The molecule has 5 nitrogen and oxygen atoms in total. The first-order valence-electron chi connectivity index (χ1n) is 5.59. The third kappa shape index (κ3) is 3.62. The molecule has 0 aliphatic carbocycles. The summed E-state index contributed by atoms with van der Waals surface area (Å²) in [5, 5.41) is 11.3. The molecule has 2 heterocycles. The van der Waals surface area contributed by atoms with Gasteiger partial charge in [0, 0.05) is 4.88 Å². The Morgan fingerprint density at radius 1 is 1.32 bits per heavy atom. The lowest BCUT2D eigenvalue weighted by molar-refractivity contribution is -0.136. The highest BCUT2D eigenvalue weighted by Crippen LogP contribution is 2.17. The zero-order chi connectivity index (χ0) is 13.8. The monoisotopic (exact) mass is 276 g/mol. The number of aliphatic carboxylic acids is 1. The fourth-order valence-corrected chi connectivity index (χ4v) is 2.27. The summed E-state index contributed by atoms with van der Waals surface area (Å²) in [6.45, 7) is 1.93. The Bertz CT molecular complexity index is 605. The summed E-state index contributed by atoms with van der Waals surface area (Å²) in [6, 6.07) is 6.88. The van der Waals surface area contributed by atoms with E-state index >= 15 is 0 Å². The van der Waals surface area contributed by atoms with Gasteiger partial charge in [0.25, 0.3) is 5.91 Å². The maximum Gasteiger partial charge on any atom is 0.309 e. The lowest BCUT2D eigenvalue weighted by Crippen LogP contribution is -2.10. The van der Waals surface area contributed by atoms with Crippen molar-refractivity contribution in [1.29, 1.82) is 0 Å². The van der Waals surface area contributed by atoms with E-state index in [0.29, 0.717) is 16.3 Å². The van der Waals surface area contributed by atoms with Crippen molar-refractivity contribution in [1.82, 2.24) is 4.98 Å². The van der Waals surface area contributed by atoms with Gasteiger partial charge in [-0.1, -0.05) is 0 Å². The van der Waals surface area contributed by atoms with E-state index in [-0.39, 0.29) is 12.3 Å². The van der Waals surface area contributed by atoms with Crippen LogP contribution in [0.4, 0.5) is 5.69 Å². The molecule has 0 aromatic carbocycles. The third-order valence-corrected chi connectivity index (χ3v) is 3.38. The number of aromatic nitrogens is 1. The van der Waals surface area contributed by atoms with Crippen molar-refractivity contribution < 1.29 is 14.7 Å². The Morgan fingerprint density at radius 2 is 2.11 bits per heavy atom. The predicted octanol–water partition coefficient (Wildman–Crippen LogP) is 2.33. The van der Waals surface area contributed by atoms with Gasteiger partial charge in [0.05, 0.1) is 28.9 Å². The number of amides is 1. The van der Waals surface area contributed by atoms with E-state index in [9.17, 15) is 9.59 Å². The second-order valence-corrected chi connectivity index (χ2v) is 5.26. The van der Waals surface area contributed by atoms with Crippen LogP contribution in [0.25, 0.3) is 0 Å². The largest absolute Gasteiger partial charge is 0.481 e. The van der Waals surface area contributed by atoms with Gasteiger partial charge >= 0.3 is 5.97 Å². The first kappa shape index (κ1) is 13.2. The van der Waals surface area contributed by atoms with Crippen LogP contribution in [-0.2, 0) is 11.2 Å². The van der Waals surface area contributed by atoms with E-state index in [0.717, 1.165) is 4.88 Å². The van der Waals surface area contributed by atoms with Crippen LogP contribution in [0.5, 0.6) is 0 Å². The van der Waals surface area contributed by atoms with Crippen molar-refractivity contribution in [2.24, 2.45) is 0 Å². The zero-order valence-corrected chi connectivity index (χ0v) is 11.0. The van der Waals surface area contributed by atoms with Crippen LogP contribution in [0.15, 0.2) is 30.5 Å². The molecule has 0 radical (unpaired) electrons. The summed E-state index contributed by atoms with van der Waals surface area (Å²) in [5.74, 6) is -1.12. The first-order valence-corrected chi connectivity index (χ1v) is 6.41. The van der Waals surface area contributed by atoms with E-state index in [1.807, 2.05) is 13.0 Å². The van der Waals surface area contributed by atoms with E-state index in [1.54, 1.807) is 18.2 Å². The van der Waals surface area contributed by atoms with Crippen LogP contribution in [0, 0.1) is 6.92 Å². The van der Waals surface area contributed by atoms with E-state index in [4.69, 9.17) is 5.11 Å². The predicted molar refractivity (Wildman–Crippen MR) is 72.6 cm³/mol. The summed E-state index contributed by atoms with van der Waals surface area (Å²) >= 11 is 1.42. The van der Waals surface area contributed by atoms with Crippen LogP contribution >= 0.6 is 11.3 Å². The lowest BCUT2D eigenvalue weighted by Gasteiger charge is -2.03. The van der Waals surface area contributed by atoms with E-state index < -0.39 is 5.97 Å². The minimum atomic E-state index is -0.932. The number of nitrogens with zero attached hydrogens (tertiary/aromatic N) is 1. The Labute approximate surface area is 113 Å². The molecule has 1 amide bonds. The standard InChI is InChI=1S/C13H12N2O3S/c1-8-2-5-11(19-8)13(18)15-10-4-3-9(14-7-10)6-12(16)17/h2-5,7H,6H2,1H3,(H,15,18)(H,16,17). The van der Waals surface area contributed by atoms with Crippen LogP contribution < -0.4 is 5.32 Å². The number of pyridine rings is 1. The molecule has 2 aromatic heterocycles. The molecule has 0 spiro atoms. The number of carbonyl (C=O) groups is 2. The molecule has 2 N–H and O–H groups in total. The average molecular weight is 276 g/mol. The van der Waals surface area contributed by atoms with Crippen molar-refractivity contribution in [2.75, 3.05) is 5.32 Å². The van der Waals surface area contributed by atoms with E-state index in [2.05, 4.69) is 10.3 Å². The number of carboxylic acids is 1. The van der Waals surface area contributed by atoms with Crippen LogP contribution in [0.3, 0.4) is 0 Å². The summed E-state index contributed by atoms with van der Waals surface area (Å²) in [6.07, 6.45) is 1.33. The maximum absolute atomic E-state index is 11.9. The summed E-state index contributed by atoms with van der Waals surface area (Å²) in [7, 11) is 0. The molecule has 2 aromatic rings. The van der Waals surface area contributed by atoms with Crippen molar-refractivity contribution in [3.63, 3.8) is 0 Å². The number of thiophene rings is 1. The Morgan fingerprint density at radius 3 is 2.63 bits per heavy atom. The number of hydrogen-bond donors (Lipinski definition) is 2. The smallest absolute Gasteiger partial charge is 0.309 e. The third-order valence-electron chi connectivity index (χ3n) is 2.38. The average Bonchev–Trinajstić information content (AvgIpc) is 2.78. The van der Waals surface area contributed by atoms with Gasteiger partial charge in [-0.25, -0.2) is 0 Å².